The molecule has 5 atom stereocenters. The van der Waals surface area contributed by atoms with Crippen molar-refractivity contribution in [2.75, 3.05) is 26.9 Å². The van der Waals surface area contributed by atoms with E-state index in [1.54, 1.807) is 0 Å². The van der Waals surface area contributed by atoms with Crippen molar-refractivity contribution < 1.29 is 63.3 Å². The van der Waals surface area contributed by atoms with Gasteiger partial charge < -0.3 is 18.9 Å². The summed E-state index contributed by atoms with van der Waals surface area (Å²) in [7, 11) is 1.28. The number of benzene rings is 1. The molecule has 1 aromatic carbocycles. The summed E-state index contributed by atoms with van der Waals surface area (Å²) in [6, 6.07) is 5.79. The van der Waals surface area contributed by atoms with Crippen LogP contribution in [0.5, 0.6) is 5.75 Å². The fraction of sp³-hybridized carbons (Fsp3) is 0.750. The summed E-state index contributed by atoms with van der Waals surface area (Å²) in [6.45, 7) is 0.118. The first kappa shape index (κ1) is 32.7. The zero-order valence-electron chi connectivity index (χ0n) is 23.1. The quantitative estimate of drug-likeness (QED) is 0.165. The first-order chi connectivity index (χ1) is 19.5. The maximum Gasteiger partial charge on any atom is 0.435 e. The minimum atomic E-state index is -6.74. The average molecular weight is 621 g/mol. The molecular weight excluding hydrogens is 587 g/mol. The minimum absolute atomic E-state index is 0.191. The van der Waals surface area contributed by atoms with Crippen LogP contribution in [0.2, 0.25) is 0 Å². The van der Waals surface area contributed by atoms with E-state index in [0.717, 1.165) is 37.7 Å². The van der Waals surface area contributed by atoms with Gasteiger partial charge in [0.1, 0.15) is 5.75 Å². The third-order valence-electron chi connectivity index (χ3n) is 9.32. The van der Waals surface area contributed by atoms with Crippen LogP contribution >= 0.6 is 0 Å². The lowest BCUT2D eigenvalue weighted by molar-refractivity contribution is -0.457. The highest BCUT2D eigenvalue weighted by atomic mass is 19.4. The number of aryl methyl sites for hydroxylation is 1. The molecule has 3 aliphatic carbocycles. The maximum atomic E-state index is 13.1. The van der Waals surface area contributed by atoms with Gasteiger partial charge in [-0.3, -0.25) is 0 Å². The number of hydrogen-bond donors (Lipinski definition) is 0. The topological polar surface area (TPSA) is 54.0 Å². The molecule has 5 unspecified atom stereocenters. The Kier molecular flexibility index (Phi) is 9.11. The molecule has 0 spiro atoms. The van der Waals surface area contributed by atoms with E-state index < -0.39 is 43.1 Å². The molecule has 5 nitrogen and oxygen atoms in total. The molecule has 2 fully saturated rings. The first-order valence-corrected chi connectivity index (χ1v) is 13.7. The van der Waals surface area contributed by atoms with Crippen molar-refractivity contribution >= 4 is 5.97 Å². The van der Waals surface area contributed by atoms with Gasteiger partial charge in [-0.15, -0.1) is 0 Å². The smallest absolute Gasteiger partial charge is 0.435 e. The van der Waals surface area contributed by atoms with Crippen molar-refractivity contribution in [2.45, 2.75) is 88.0 Å². The lowest BCUT2D eigenvalue weighted by Crippen LogP contribution is -2.67. The van der Waals surface area contributed by atoms with Crippen LogP contribution < -0.4 is 4.74 Å². The van der Waals surface area contributed by atoms with E-state index in [9.17, 15) is 44.3 Å². The van der Waals surface area contributed by atoms with Crippen molar-refractivity contribution in [3.63, 3.8) is 0 Å². The van der Waals surface area contributed by atoms with Gasteiger partial charge in [0.25, 0.3) is 0 Å². The Balaban J connectivity index is 1.35. The van der Waals surface area contributed by atoms with Crippen LogP contribution in [0.1, 0.15) is 62.5 Å². The van der Waals surface area contributed by atoms with Gasteiger partial charge in [-0.1, -0.05) is 13.0 Å². The number of halogens is 9. The van der Waals surface area contributed by atoms with Crippen molar-refractivity contribution in [1.29, 1.82) is 0 Å². The Morgan fingerprint density at radius 2 is 1.60 bits per heavy atom. The summed E-state index contributed by atoms with van der Waals surface area (Å²) in [4.78, 5) is 11.4. The molecule has 0 aliphatic heterocycles. The number of alkyl halides is 9. The lowest BCUT2D eigenvalue weighted by Gasteiger charge is -2.50. The SMILES string of the molecule is COC(=O)COc1ccc2c(c1)CCC1C2CCC2(C)C(OCCCOC(C(F)(F)F)(C(F)(F)F)C(F)(F)F)CCC12. The van der Waals surface area contributed by atoms with Crippen LogP contribution in [0.3, 0.4) is 0 Å². The average Bonchev–Trinajstić information content (AvgIpc) is 3.22. The van der Waals surface area contributed by atoms with Gasteiger partial charge in [0.15, 0.2) is 6.61 Å². The van der Waals surface area contributed by atoms with E-state index in [1.807, 2.05) is 18.2 Å². The molecule has 0 radical (unpaired) electrons. The highest BCUT2D eigenvalue weighted by Crippen LogP contribution is 2.62. The molecule has 0 N–H and O–H groups in total. The highest BCUT2D eigenvalue weighted by Gasteiger charge is 2.85. The van der Waals surface area contributed by atoms with Gasteiger partial charge in [-0.25, -0.2) is 4.79 Å². The molecule has 3 aliphatic rings. The molecule has 0 heterocycles. The standard InChI is InChI=1S/C28H33F9O5/c1-24-11-10-19-18-7-5-17(41-15-23(38)39-2)14-16(18)4-6-20(19)21(24)8-9-22(24)40-12-3-13-42-25(26(29,30)31,27(32,33)34)28(35,36)37/h5,7,14,19-22H,3-4,6,8-13,15H2,1-2H3. The maximum absolute atomic E-state index is 13.1. The molecule has 14 heteroatoms. The van der Waals surface area contributed by atoms with Crippen molar-refractivity contribution in [1.82, 2.24) is 0 Å². The number of carbonyl (C=O) groups is 1. The van der Waals surface area contributed by atoms with E-state index in [2.05, 4.69) is 16.4 Å². The summed E-state index contributed by atoms with van der Waals surface area (Å²) in [5.41, 5.74) is -4.17. The monoisotopic (exact) mass is 620 g/mol. The highest BCUT2D eigenvalue weighted by molar-refractivity contribution is 5.70. The predicted octanol–water partition coefficient (Wildman–Crippen LogP) is 7.31. The molecule has 0 bridgehead atoms. The van der Waals surface area contributed by atoms with Crippen LogP contribution in [-0.2, 0) is 25.4 Å². The van der Waals surface area contributed by atoms with E-state index in [0.29, 0.717) is 24.0 Å². The summed E-state index contributed by atoms with van der Waals surface area (Å²) in [6.07, 6.45) is -16.3. The second kappa shape index (κ2) is 11.7. The molecule has 4 rings (SSSR count). The fourth-order valence-corrected chi connectivity index (χ4v) is 7.31. The Hall–Kier alpha value is -2.22. The van der Waals surface area contributed by atoms with Gasteiger partial charge in [0, 0.05) is 6.61 Å². The second-order valence-electron chi connectivity index (χ2n) is 11.5. The molecule has 238 valence electrons. The fourth-order valence-electron chi connectivity index (χ4n) is 7.31. The normalized spacial score (nSPS) is 28.1. The van der Waals surface area contributed by atoms with E-state index in [1.165, 1.54) is 12.7 Å². The number of hydrogen-bond acceptors (Lipinski definition) is 5. The Morgan fingerprint density at radius 3 is 2.21 bits per heavy atom. The minimum Gasteiger partial charge on any atom is -0.482 e. The van der Waals surface area contributed by atoms with Gasteiger partial charge in [0.2, 0.25) is 0 Å². The molecular formula is C28H33F9O5. The van der Waals surface area contributed by atoms with Crippen molar-refractivity contribution in [3.8, 4) is 5.75 Å². The van der Waals surface area contributed by atoms with Gasteiger partial charge in [-0.05, 0) is 91.4 Å². The zero-order valence-corrected chi connectivity index (χ0v) is 23.1. The summed E-state index contributed by atoms with van der Waals surface area (Å²) in [5, 5.41) is 0. The summed E-state index contributed by atoms with van der Waals surface area (Å²) in [5.74, 6) is 1.01. The van der Waals surface area contributed by atoms with E-state index in [4.69, 9.17) is 9.47 Å². The van der Waals surface area contributed by atoms with Crippen LogP contribution in [-0.4, -0.2) is 63.1 Å². The Labute approximate surface area is 237 Å². The summed E-state index contributed by atoms with van der Waals surface area (Å²) >= 11 is 0. The number of esters is 1. The van der Waals surface area contributed by atoms with E-state index >= 15 is 0 Å². The van der Waals surface area contributed by atoms with Crippen molar-refractivity contribution in [3.05, 3.63) is 29.3 Å². The largest absolute Gasteiger partial charge is 0.482 e. The predicted molar refractivity (Wildman–Crippen MR) is 130 cm³/mol. The van der Waals surface area contributed by atoms with Gasteiger partial charge >= 0.3 is 30.1 Å². The first-order valence-electron chi connectivity index (χ1n) is 13.7. The zero-order chi connectivity index (χ0) is 31.1. The molecule has 0 saturated heterocycles. The van der Waals surface area contributed by atoms with Crippen molar-refractivity contribution in [2.24, 2.45) is 17.3 Å². The van der Waals surface area contributed by atoms with Gasteiger partial charge in [0.05, 0.1) is 19.8 Å². The van der Waals surface area contributed by atoms with Crippen LogP contribution in [0.15, 0.2) is 18.2 Å². The third kappa shape index (κ3) is 5.81. The van der Waals surface area contributed by atoms with Crippen LogP contribution in [0.4, 0.5) is 39.5 Å². The summed E-state index contributed by atoms with van der Waals surface area (Å²) < 4.78 is 137. The number of methoxy groups -OCH3 is 1. The number of carbonyl (C=O) groups excluding carboxylic acids is 1. The molecule has 0 amide bonds. The number of fused-ring (bicyclic) bond motifs is 5. The number of rotatable bonds is 9. The molecule has 2 saturated carbocycles. The Morgan fingerprint density at radius 1 is 0.929 bits per heavy atom. The molecule has 42 heavy (non-hydrogen) atoms. The number of ether oxygens (including phenoxy) is 4. The van der Waals surface area contributed by atoms with E-state index in [-0.39, 0.29) is 30.7 Å². The molecule has 1 aromatic rings. The van der Waals surface area contributed by atoms with Crippen LogP contribution in [0, 0.1) is 17.3 Å². The Bertz CT molecular complexity index is 1080. The lowest BCUT2D eigenvalue weighted by atomic mass is 9.55. The van der Waals surface area contributed by atoms with Gasteiger partial charge in [-0.2, -0.15) is 39.5 Å². The third-order valence-corrected chi connectivity index (χ3v) is 9.32. The van der Waals surface area contributed by atoms with Crippen LogP contribution in [0.25, 0.3) is 0 Å². The molecule has 0 aromatic heterocycles. The second-order valence-corrected chi connectivity index (χ2v) is 11.5.